The van der Waals surface area contributed by atoms with E-state index in [0.717, 1.165) is 19.4 Å². The number of aryl methyl sites for hydroxylation is 1. The first-order valence-electron chi connectivity index (χ1n) is 7.79. The molecule has 0 aliphatic carbocycles. The summed E-state index contributed by atoms with van der Waals surface area (Å²) in [5.41, 5.74) is 7.24. The molecule has 8 nitrogen and oxygen atoms in total. The number of nitro groups is 1. The molecule has 0 radical (unpaired) electrons. The largest absolute Gasteiger partial charge is 0.365 e. The number of piperidine rings is 1. The monoisotopic (exact) mass is 329 g/mol. The first-order chi connectivity index (χ1) is 11.5. The van der Waals surface area contributed by atoms with Gasteiger partial charge in [0.05, 0.1) is 16.2 Å². The number of hydrogen-bond donors (Lipinski definition) is 1. The summed E-state index contributed by atoms with van der Waals surface area (Å²) >= 11 is 0. The van der Waals surface area contributed by atoms with Crippen LogP contribution in [-0.4, -0.2) is 33.7 Å². The second-order valence-electron chi connectivity index (χ2n) is 6.00. The highest BCUT2D eigenvalue weighted by molar-refractivity contribution is 5.93. The molecule has 1 amide bonds. The quantitative estimate of drug-likeness (QED) is 0.680. The Morgan fingerprint density at radius 3 is 2.88 bits per heavy atom. The standard InChI is InChI=1S/C16H19N5O3/c1-19-10-12(16(17)22)15(18-19)11-5-4-8-20(9-11)13-6-2-3-7-14(13)21(23)24/h2-3,6-7,10-11H,4-5,8-9H2,1H3,(H2,17,22)/t11-/m1/s1. The number of rotatable bonds is 4. The zero-order valence-electron chi connectivity index (χ0n) is 13.4. The molecule has 2 heterocycles. The number of nitrogens with zero attached hydrogens (tertiary/aromatic N) is 4. The predicted octanol–water partition coefficient (Wildman–Crippen LogP) is 1.81. The highest BCUT2D eigenvalue weighted by Crippen LogP contribution is 2.34. The van der Waals surface area contributed by atoms with Crippen LogP contribution in [0.5, 0.6) is 0 Å². The Morgan fingerprint density at radius 2 is 2.17 bits per heavy atom. The lowest BCUT2D eigenvalue weighted by molar-refractivity contribution is -0.384. The van der Waals surface area contributed by atoms with Crippen LogP contribution in [-0.2, 0) is 7.05 Å². The van der Waals surface area contributed by atoms with E-state index < -0.39 is 5.91 Å². The molecule has 1 aromatic carbocycles. The lowest BCUT2D eigenvalue weighted by Gasteiger charge is -2.33. The molecule has 1 aliphatic rings. The zero-order valence-corrected chi connectivity index (χ0v) is 13.4. The average molecular weight is 329 g/mol. The van der Waals surface area contributed by atoms with E-state index in [1.807, 2.05) is 4.90 Å². The molecule has 1 aliphatic heterocycles. The maximum atomic E-state index is 11.6. The van der Waals surface area contributed by atoms with Gasteiger partial charge in [-0.2, -0.15) is 5.10 Å². The summed E-state index contributed by atoms with van der Waals surface area (Å²) in [6.07, 6.45) is 3.36. The number of hydrogen-bond acceptors (Lipinski definition) is 5. The Bertz CT molecular complexity index is 786. The van der Waals surface area contributed by atoms with Crippen molar-refractivity contribution in [3.05, 3.63) is 51.8 Å². The van der Waals surface area contributed by atoms with Gasteiger partial charge in [0.1, 0.15) is 5.69 Å². The van der Waals surface area contributed by atoms with Gasteiger partial charge in [-0.05, 0) is 18.9 Å². The molecule has 0 saturated carbocycles. The summed E-state index contributed by atoms with van der Waals surface area (Å²) in [4.78, 5) is 24.5. The molecule has 0 bridgehead atoms. The van der Waals surface area contributed by atoms with Crippen LogP contribution < -0.4 is 10.6 Å². The second kappa shape index (κ2) is 6.31. The summed E-state index contributed by atoms with van der Waals surface area (Å²) in [7, 11) is 1.75. The molecular formula is C16H19N5O3. The van der Waals surface area contributed by atoms with Crippen molar-refractivity contribution in [3.63, 3.8) is 0 Å². The average Bonchev–Trinajstić information content (AvgIpc) is 2.97. The van der Waals surface area contributed by atoms with E-state index in [4.69, 9.17) is 5.73 Å². The summed E-state index contributed by atoms with van der Waals surface area (Å²) < 4.78 is 1.58. The molecule has 0 spiro atoms. The number of anilines is 1. The topological polar surface area (TPSA) is 107 Å². The molecule has 24 heavy (non-hydrogen) atoms. The van der Waals surface area contributed by atoms with Gasteiger partial charge in [0.15, 0.2) is 0 Å². The van der Waals surface area contributed by atoms with E-state index in [1.165, 1.54) is 6.07 Å². The third-order valence-electron chi connectivity index (χ3n) is 4.35. The van der Waals surface area contributed by atoms with Crippen LogP contribution in [0.2, 0.25) is 0 Å². The third kappa shape index (κ3) is 2.94. The number of carbonyl (C=O) groups excluding carboxylic acids is 1. The van der Waals surface area contributed by atoms with Crippen molar-refractivity contribution in [1.29, 1.82) is 0 Å². The van der Waals surface area contributed by atoms with Crippen molar-refractivity contribution in [2.45, 2.75) is 18.8 Å². The van der Waals surface area contributed by atoms with Gasteiger partial charge in [-0.25, -0.2) is 0 Å². The lowest BCUT2D eigenvalue weighted by Crippen LogP contribution is -2.35. The molecule has 2 aromatic rings. The molecule has 3 rings (SSSR count). The van der Waals surface area contributed by atoms with E-state index in [-0.39, 0.29) is 16.5 Å². The fourth-order valence-corrected chi connectivity index (χ4v) is 3.30. The SMILES string of the molecule is Cn1cc(C(N)=O)c([C@@H]2CCCN(c3ccccc3[N+](=O)[O-])C2)n1. The number of carbonyl (C=O) groups is 1. The van der Waals surface area contributed by atoms with Crippen LogP contribution in [0.25, 0.3) is 0 Å². The van der Waals surface area contributed by atoms with Crippen LogP contribution >= 0.6 is 0 Å². The van der Waals surface area contributed by atoms with Crippen molar-refractivity contribution in [3.8, 4) is 0 Å². The molecule has 1 saturated heterocycles. The molecule has 126 valence electrons. The van der Waals surface area contributed by atoms with Gasteiger partial charge < -0.3 is 10.6 Å². The maximum Gasteiger partial charge on any atom is 0.292 e. The van der Waals surface area contributed by atoms with Gasteiger partial charge in [0.25, 0.3) is 11.6 Å². The van der Waals surface area contributed by atoms with Crippen molar-refractivity contribution in [2.75, 3.05) is 18.0 Å². The van der Waals surface area contributed by atoms with Crippen LogP contribution in [0.3, 0.4) is 0 Å². The van der Waals surface area contributed by atoms with Crippen molar-refractivity contribution in [2.24, 2.45) is 12.8 Å². The Morgan fingerprint density at radius 1 is 1.42 bits per heavy atom. The maximum absolute atomic E-state index is 11.6. The van der Waals surface area contributed by atoms with Gasteiger partial charge >= 0.3 is 0 Å². The molecular weight excluding hydrogens is 310 g/mol. The highest BCUT2D eigenvalue weighted by Gasteiger charge is 2.29. The Balaban J connectivity index is 1.91. The summed E-state index contributed by atoms with van der Waals surface area (Å²) in [5, 5.41) is 15.7. The van der Waals surface area contributed by atoms with Crippen LogP contribution in [0.1, 0.15) is 34.8 Å². The molecule has 0 unspecified atom stereocenters. The first-order valence-corrected chi connectivity index (χ1v) is 7.79. The van der Waals surface area contributed by atoms with Crippen molar-refractivity contribution >= 4 is 17.3 Å². The minimum Gasteiger partial charge on any atom is -0.365 e. The fourth-order valence-electron chi connectivity index (χ4n) is 3.30. The molecule has 8 heteroatoms. The van der Waals surface area contributed by atoms with Crippen molar-refractivity contribution < 1.29 is 9.72 Å². The van der Waals surface area contributed by atoms with E-state index in [1.54, 1.807) is 36.1 Å². The van der Waals surface area contributed by atoms with E-state index >= 15 is 0 Å². The number of benzene rings is 1. The van der Waals surface area contributed by atoms with Gasteiger partial charge in [-0.3, -0.25) is 19.6 Å². The zero-order chi connectivity index (χ0) is 17.3. The number of amides is 1. The normalized spacial score (nSPS) is 17.7. The van der Waals surface area contributed by atoms with Crippen LogP contribution in [0.4, 0.5) is 11.4 Å². The summed E-state index contributed by atoms with van der Waals surface area (Å²) in [5.74, 6) is -0.483. The number of para-hydroxylation sites is 2. The molecule has 1 aromatic heterocycles. The molecule has 2 N–H and O–H groups in total. The first kappa shape index (κ1) is 16.0. The minimum atomic E-state index is -0.499. The second-order valence-corrected chi connectivity index (χ2v) is 6.00. The fraction of sp³-hybridized carbons (Fsp3) is 0.375. The molecule has 1 fully saturated rings. The van der Waals surface area contributed by atoms with Gasteiger partial charge in [0, 0.05) is 38.3 Å². The smallest absolute Gasteiger partial charge is 0.292 e. The Labute approximate surface area is 139 Å². The van der Waals surface area contributed by atoms with Crippen molar-refractivity contribution in [1.82, 2.24) is 9.78 Å². The number of nitro benzene ring substituents is 1. The number of nitrogens with two attached hydrogens (primary N) is 1. The van der Waals surface area contributed by atoms with E-state index in [9.17, 15) is 14.9 Å². The van der Waals surface area contributed by atoms with Gasteiger partial charge in [0.2, 0.25) is 0 Å². The lowest BCUT2D eigenvalue weighted by atomic mass is 9.92. The van der Waals surface area contributed by atoms with Crippen LogP contribution in [0.15, 0.2) is 30.5 Å². The summed E-state index contributed by atoms with van der Waals surface area (Å²) in [6.45, 7) is 1.31. The number of aromatic nitrogens is 2. The Hall–Kier alpha value is -2.90. The van der Waals surface area contributed by atoms with E-state index in [2.05, 4.69) is 5.10 Å². The van der Waals surface area contributed by atoms with Gasteiger partial charge in [-0.1, -0.05) is 12.1 Å². The van der Waals surface area contributed by atoms with E-state index in [0.29, 0.717) is 23.5 Å². The summed E-state index contributed by atoms with van der Waals surface area (Å²) in [6, 6.07) is 6.72. The predicted molar refractivity (Wildman–Crippen MR) is 89.0 cm³/mol. The number of primary amides is 1. The highest BCUT2D eigenvalue weighted by atomic mass is 16.6. The van der Waals surface area contributed by atoms with Gasteiger partial charge in [-0.15, -0.1) is 0 Å². The Kier molecular flexibility index (Phi) is 4.20. The third-order valence-corrected chi connectivity index (χ3v) is 4.35. The molecule has 1 atom stereocenters. The minimum absolute atomic E-state index is 0.0160. The van der Waals surface area contributed by atoms with Crippen LogP contribution in [0, 0.1) is 10.1 Å².